The smallest absolute Gasteiger partial charge is 0.263 e. The summed E-state index contributed by atoms with van der Waals surface area (Å²) in [5, 5.41) is 9.82. The van der Waals surface area contributed by atoms with E-state index in [2.05, 4.69) is 47.2 Å². The van der Waals surface area contributed by atoms with Gasteiger partial charge in [-0.15, -0.1) is 11.3 Å². The molecule has 6 rings (SSSR count). The lowest BCUT2D eigenvalue weighted by Crippen LogP contribution is -2.31. The molecule has 9 heteroatoms. The fourth-order valence-electron chi connectivity index (χ4n) is 5.24. The number of nitrogens with one attached hydrogen (secondary N) is 1. The van der Waals surface area contributed by atoms with Crippen LogP contribution in [0.25, 0.3) is 22.2 Å². The van der Waals surface area contributed by atoms with Crippen molar-refractivity contribution in [3.8, 4) is 11.1 Å². The molecule has 4 aromatic rings. The zero-order valence-electron chi connectivity index (χ0n) is 21.5. The highest BCUT2D eigenvalue weighted by Crippen LogP contribution is 2.35. The number of aromatic nitrogens is 5. The van der Waals surface area contributed by atoms with Crippen LogP contribution in [0.2, 0.25) is 0 Å². The Morgan fingerprint density at radius 1 is 1.11 bits per heavy atom. The fourth-order valence-corrected chi connectivity index (χ4v) is 6.11. The van der Waals surface area contributed by atoms with E-state index in [1.807, 2.05) is 29.3 Å². The topological polar surface area (TPSA) is 94.8 Å². The zero-order chi connectivity index (χ0) is 25.6. The van der Waals surface area contributed by atoms with Crippen LogP contribution < -0.4 is 5.32 Å². The molecule has 0 radical (unpaired) electrons. The first-order chi connectivity index (χ1) is 17.9. The first-order valence-electron chi connectivity index (χ1n) is 13.1. The maximum absolute atomic E-state index is 13.0. The van der Waals surface area contributed by atoms with E-state index in [-0.39, 0.29) is 23.6 Å². The molecule has 1 saturated heterocycles. The van der Waals surface area contributed by atoms with E-state index in [1.54, 1.807) is 6.20 Å². The molecule has 192 valence electrons. The van der Waals surface area contributed by atoms with Gasteiger partial charge in [0.25, 0.3) is 5.91 Å². The molecule has 8 nitrogen and oxygen atoms in total. The van der Waals surface area contributed by atoms with E-state index in [0.717, 1.165) is 78.0 Å². The number of nitrogens with zero attached hydrogens (tertiary/aromatic N) is 5. The summed E-state index contributed by atoms with van der Waals surface area (Å²) in [6, 6.07) is 4.14. The minimum atomic E-state index is -0.103. The number of pyridine rings is 2. The van der Waals surface area contributed by atoms with Crippen molar-refractivity contribution >= 4 is 28.3 Å². The van der Waals surface area contributed by atoms with Gasteiger partial charge in [0.2, 0.25) is 0 Å². The minimum absolute atomic E-state index is 0.0574. The number of hydrogen-bond acceptors (Lipinski definition) is 7. The van der Waals surface area contributed by atoms with Gasteiger partial charge in [0, 0.05) is 35.4 Å². The van der Waals surface area contributed by atoms with Crippen molar-refractivity contribution < 1.29 is 9.53 Å². The highest BCUT2D eigenvalue weighted by Gasteiger charge is 2.27. The van der Waals surface area contributed by atoms with Gasteiger partial charge >= 0.3 is 0 Å². The van der Waals surface area contributed by atoms with Crippen LogP contribution in [0.3, 0.4) is 0 Å². The van der Waals surface area contributed by atoms with Crippen molar-refractivity contribution in [2.24, 2.45) is 0 Å². The largest absolute Gasteiger partial charge is 0.356 e. The van der Waals surface area contributed by atoms with Gasteiger partial charge in [0.1, 0.15) is 4.88 Å². The number of thiazole rings is 1. The number of hydrogen-bond donors (Lipinski definition) is 1. The molecule has 2 aliphatic rings. The van der Waals surface area contributed by atoms with E-state index in [4.69, 9.17) is 9.72 Å². The second-order valence-corrected chi connectivity index (χ2v) is 12.0. The Hall–Kier alpha value is -3.17. The maximum Gasteiger partial charge on any atom is 0.263 e. The summed E-state index contributed by atoms with van der Waals surface area (Å²) in [5.41, 5.74) is 5.01. The molecule has 0 spiro atoms. The molecule has 0 aromatic carbocycles. The van der Waals surface area contributed by atoms with Crippen molar-refractivity contribution in [2.75, 3.05) is 6.61 Å². The molecule has 37 heavy (non-hydrogen) atoms. The van der Waals surface area contributed by atoms with Gasteiger partial charge < -0.3 is 10.1 Å². The Balaban J connectivity index is 1.26. The zero-order valence-corrected chi connectivity index (χ0v) is 22.3. The Kier molecular flexibility index (Phi) is 6.28. The average Bonchev–Trinajstić information content (AvgIpc) is 3.57. The predicted molar refractivity (Wildman–Crippen MR) is 144 cm³/mol. The van der Waals surface area contributed by atoms with Crippen molar-refractivity contribution in [1.82, 2.24) is 30.0 Å². The third-order valence-electron chi connectivity index (χ3n) is 7.18. The van der Waals surface area contributed by atoms with Gasteiger partial charge in [0.05, 0.1) is 29.1 Å². The van der Waals surface area contributed by atoms with E-state index < -0.39 is 0 Å². The molecule has 1 aliphatic heterocycles. The van der Waals surface area contributed by atoms with E-state index in [0.29, 0.717) is 4.88 Å². The van der Waals surface area contributed by atoms with Crippen LogP contribution >= 0.6 is 11.3 Å². The third-order valence-corrected chi connectivity index (χ3v) is 8.61. The van der Waals surface area contributed by atoms with Gasteiger partial charge in [0.15, 0.2) is 11.9 Å². The molecule has 0 saturated carbocycles. The quantitative estimate of drug-likeness (QED) is 0.371. The van der Waals surface area contributed by atoms with Crippen LogP contribution in [0, 0.1) is 0 Å². The van der Waals surface area contributed by atoms with E-state index >= 15 is 0 Å². The van der Waals surface area contributed by atoms with Crippen LogP contribution in [-0.4, -0.2) is 37.2 Å². The predicted octanol–water partition coefficient (Wildman–Crippen LogP) is 5.75. The fraction of sp³-hybridized carbons (Fsp3) is 0.464. The van der Waals surface area contributed by atoms with Gasteiger partial charge in [-0.25, -0.2) is 14.6 Å². The minimum Gasteiger partial charge on any atom is -0.356 e. The van der Waals surface area contributed by atoms with E-state index in [9.17, 15) is 4.79 Å². The lowest BCUT2D eigenvalue weighted by atomic mass is 9.90. The molecule has 1 fully saturated rings. The Morgan fingerprint density at radius 3 is 2.78 bits per heavy atom. The molecule has 1 N–H and O–H groups in total. The van der Waals surface area contributed by atoms with Gasteiger partial charge in [-0.05, 0) is 61.8 Å². The van der Waals surface area contributed by atoms with Crippen molar-refractivity contribution in [2.45, 2.75) is 77.0 Å². The molecule has 1 aliphatic carbocycles. The van der Waals surface area contributed by atoms with Gasteiger partial charge in [-0.2, -0.15) is 5.10 Å². The SMILES string of the molecule is CC(C)(C)c1ncc(C(=O)N[C@@H]2CCCc3cc(-c4ccnc5c4cnn5C4CCCCO4)cnc32)s1. The van der Waals surface area contributed by atoms with Gasteiger partial charge in [-0.3, -0.25) is 9.78 Å². The standard InChI is InChI=1S/C28H32N6O2S/c1-28(2,3)27-31-16-22(37-27)26(35)33-21-8-6-7-17-13-18(14-30-24(17)21)19-10-11-29-25-20(19)15-32-34(25)23-9-4-5-12-36-23/h10-11,13-16,21,23H,4-9,12H2,1-3H3,(H,33,35)/t21-,23?/m1/s1. The van der Waals surface area contributed by atoms with Crippen LogP contribution in [0.5, 0.6) is 0 Å². The normalized spacial score (nSPS) is 20.1. The molecular weight excluding hydrogens is 484 g/mol. The second-order valence-electron chi connectivity index (χ2n) is 11.0. The Morgan fingerprint density at radius 2 is 2.00 bits per heavy atom. The molecule has 4 aromatic heterocycles. The first kappa shape index (κ1) is 24.2. The van der Waals surface area contributed by atoms with E-state index in [1.165, 1.54) is 16.9 Å². The maximum atomic E-state index is 13.0. The summed E-state index contributed by atoms with van der Waals surface area (Å²) in [6.45, 7) is 7.09. The number of carbonyl (C=O) groups is 1. The highest BCUT2D eigenvalue weighted by molar-refractivity contribution is 7.13. The Bertz CT molecular complexity index is 1450. The monoisotopic (exact) mass is 516 g/mol. The van der Waals surface area contributed by atoms with Crippen LogP contribution in [0.4, 0.5) is 0 Å². The number of amides is 1. The summed E-state index contributed by atoms with van der Waals surface area (Å²) < 4.78 is 7.87. The Labute approximate surface area is 220 Å². The average molecular weight is 517 g/mol. The lowest BCUT2D eigenvalue weighted by molar-refractivity contribution is -0.0370. The van der Waals surface area contributed by atoms with Crippen molar-refractivity contribution in [3.05, 3.63) is 58.1 Å². The number of aryl methyl sites for hydroxylation is 1. The molecule has 1 unspecified atom stereocenters. The first-order valence-corrected chi connectivity index (χ1v) is 13.9. The summed E-state index contributed by atoms with van der Waals surface area (Å²) >= 11 is 1.46. The van der Waals surface area contributed by atoms with Crippen LogP contribution in [0.1, 0.15) is 91.1 Å². The van der Waals surface area contributed by atoms with Crippen molar-refractivity contribution in [3.63, 3.8) is 0 Å². The number of carbonyl (C=O) groups excluding carboxylic acids is 1. The summed E-state index contributed by atoms with van der Waals surface area (Å²) in [4.78, 5) is 27.7. The molecule has 5 heterocycles. The summed E-state index contributed by atoms with van der Waals surface area (Å²) in [6.07, 6.45) is 13.3. The van der Waals surface area contributed by atoms with Crippen LogP contribution in [-0.2, 0) is 16.6 Å². The van der Waals surface area contributed by atoms with Crippen LogP contribution in [0.15, 0.2) is 36.9 Å². The molecule has 2 atom stereocenters. The molecular formula is C28H32N6O2S. The van der Waals surface area contributed by atoms with Crippen molar-refractivity contribution in [1.29, 1.82) is 0 Å². The molecule has 1 amide bonds. The number of ether oxygens (including phenoxy) is 1. The van der Waals surface area contributed by atoms with Gasteiger partial charge in [-0.1, -0.05) is 20.8 Å². The molecule has 0 bridgehead atoms. The number of fused-ring (bicyclic) bond motifs is 2. The highest BCUT2D eigenvalue weighted by atomic mass is 32.1. The third kappa shape index (κ3) is 4.66. The summed E-state index contributed by atoms with van der Waals surface area (Å²) in [5.74, 6) is -0.0788. The number of rotatable bonds is 4. The summed E-state index contributed by atoms with van der Waals surface area (Å²) in [7, 11) is 0. The second kappa shape index (κ2) is 9.61. The lowest BCUT2D eigenvalue weighted by Gasteiger charge is -2.25.